The summed E-state index contributed by atoms with van der Waals surface area (Å²) < 4.78 is 54.1. The van der Waals surface area contributed by atoms with E-state index in [9.17, 15) is 13.2 Å². The molecule has 10 heteroatoms. The van der Waals surface area contributed by atoms with Crippen LogP contribution in [0.4, 0.5) is 13.2 Å². The van der Waals surface area contributed by atoms with Crippen molar-refractivity contribution >= 4 is 5.97 Å². The van der Waals surface area contributed by atoms with Crippen molar-refractivity contribution in [3.63, 3.8) is 0 Å². The minimum Gasteiger partial charge on any atom is -0.475 e. The molecule has 1 saturated carbocycles. The average molecular weight is 405 g/mol. The van der Waals surface area contributed by atoms with Gasteiger partial charge in [0.1, 0.15) is 0 Å². The second-order valence-corrected chi connectivity index (χ2v) is 6.72. The molecule has 1 aliphatic carbocycles. The fraction of sp³-hybridized carbons (Fsp3) is 0.611. The fourth-order valence-electron chi connectivity index (χ4n) is 3.71. The molecule has 1 saturated heterocycles. The van der Waals surface area contributed by atoms with Crippen LogP contribution in [0.25, 0.3) is 0 Å². The summed E-state index contributed by atoms with van der Waals surface area (Å²) in [6, 6.07) is 6.69. The van der Waals surface area contributed by atoms with E-state index in [1.54, 1.807) is 7.11 Å². The van der Waals surface area contributed by atoms with E-state index >= 15 is 0 Å². The molecule has 2 fully saturated rings. The van der Waals surface area contributed by atoms with Crippen LogP contribution < -0.4 is 9.47 Å². The van der Waals surface area contributed by atoms with Crippen molar-refractivity contribution < 1.29 is 42.0 Å². The maximum absolute atomic E-state index is 10.6. The molecule has 2 aliphatic heterocycles. The van der Waals surface area contributed by atoms with Crippen LogP contribution in [0.1, 0.15) is 18.4 Å². The number of carbonyl (C=O) groups is 1. The van der Waals surface area contributed by atoms with E-state index in [4.69, 9.17) is 28.8 Å². The zero-order valence-corrected chi connectivity index (χ0v) is 15.3. The predicted octanol–water partition coefficient (Wildman–Crippen LogP) is 2.43. The molecule has 1 aromatic rings. The summed E-state index contributed by atoms with van der Waals surface area (Å²) in [5.74, 6) is -1.05. The topological polar surface area (TPSA) is 77.5 Å². The average Bonchev–Trinajstić information content (AvgIpc) is 3.28. The van der Waals surface area contributed by atoms with Gasteiger partial charge in [-0.15, -0.1) is 0 Å². The standard InChI is InChI=1S/C16H21NO4.C2HF3O2/c1-18-14-5-3-12-16(14)19-7-6-17(12)9-11-2-4-13-15(8-11)21-10-20-13;3-2(4,5)1(6)7/h2,4,8,12,14,16H,3,5-7,9-10H2,1H3;(H,6,7)/t12-,14-,16+;/m0./s1. The van der Waals surface area contributed by atoms with Crippen LogP contribution in [0, 0.1) is 0 Å². The molecule has 28 heavy (non-hydrogen) atoms. The number of carboxylic acid groups (broad SMARTS) is 1. The predicted molar refractivity (Wildman–Crippen MR) is 90.2 cm³/mol. The number of morpholine rings is 1. The summed E-state index contributed by atoms with van der Waals surface area (Å²) >= 11 is 0. The Balaban J connectivity index is 0.000000279. The van der Waals surface area contributed by atoms with Gasteiger partial charge in [0.2, 0.25) is 6.79 Å². The molecule has 0 aromatic heterocycles. The van der Waals surface area contributed by atoms with Crippen LogP contribution in [-0.4, -0.2) is 67.5 Å². The van der Waals surface area contributed by atoms with E-state index in [0.29, 0.717) is 12.8 Å². The van der Waals surface area contributed by atoms with Crippen molar-refractivity contribution in [2.75, 3.05) is 27.1 Å². The number of carboxylic acids is 1. The highest BCUT2D eigenvalue weighted by Crippen LogP contribution is 2.35. The lowest BCUT2D eigenvalue weighted by molar-refractivity contribution is -0.192. The number of alkyl halides is 3. The first-order chi connectivity index (χ1) is 13.3. The number of rotatable bonds is 3. The number of nitrogens with zero attached hydrogens (tertiary/aromatic N) is 1. The van der Waals surface area contributed by atoms with Gasteiger partial charge in [-0.25, -0.2) is 4.79 Å². The Labute approximate surface area is 159 Å². The van der Waals surface area contributed by atoms with E-state index in [1.807, 2.05) is 6.07 Å². The van der Waals surface area contributed by atoms with E-state index in [2.05, 4.69) is 17.0 Å². The zero-order chi connectivity index (χ0) is 20.3. The third-order valence-electron chi connectivity index (χ3n) is 5.02. The van der Waals surface area contributed by atoms with Gasteiger partial charge >= 0.3 is 12.1 Å². The second-order valence-electron chi connectivity index (χ2n) is 6.72. The molecule has 156 valence electrons. The van der Waals surface area contributed by atoms with Gasteiger partial charge in [-0.2, -0.15) is 13.2 Å². The highest BCUT2D eigenvalue weighted by atomic mass is 19.4. The van der Waals surface area contributed by atoms with Crippen molar-refractivity contribution in [2.24, 2.45) is 0 Å². The number of fused-ring (bicyclic) bond motifs is 2. The van der Waals surface area contributed by atoms with Crippen molar-refractivity contribution in [3.05, 3.63) is 23.8 Å². The first-order valence-corrected chi connectivity index (χ1v) is 8.86. The number of halogens is 3. The largest absolute Gasteiger partial charge is 0.490 e. The molecule has 2 heterocycles. The van der Waals surface area contributed by atoms with Crippen LogP contribution in [0.3, 0.4) is 0 Å². The van der Waals surface area contributed by atoms with E-state index in [1.165, 1.54) is 5.56 Å². The molecule has 0 spiro atoms. The Kier molecular flexibility index (Phi) is 6.31. The lowest BCUT2D eigenvalue weighted by Gasteiger charge is -2.38. The quantitative estimate of drug-likeness (QED) is 0.828. The van der Waals surface area contributed by atoms with Crippen LogP contribution >= 0.6 is 0 Å². The van der Waals surface area contributed by atoms with Crippen LogP contribution in [0.15, 0.2) is 18.2 Å². The molecule has 3 atom stereocenters. The highest BCUT2D eigenvalue weighted by Gasteiger charge is 2.42. The zero-order valence-electron chi connectivity index (χ0n) is 15.3. The maximum atomic E-state index is 10.6. The Morgan fingerprint density at radius 2 is 2.00 bits per heavy atom. The lowest BCUT2D eigenvalue weighted by Crippen LogP contribution is -2.51. The molecule has 1 aromatic carbocycles. The molecule has 0 radical (unpaired) electrons. The van der Waals surface area contributed by atoms with Crippen molar-refractivity contribution in [1.82, 2.24) is 4.90 Å². The van der Waals surface area contributed by atoms with E-state index < -0.39 is 12.1 Å². The van der Waals surface area contributed by atoms with Gasteiger partial charge in [0.15, 0.2) is 11.5 Å². The fourth-order valence-corrected chi connectivity index (χ4v) is 3.71. The monoisotopic (exact) mass is 405 g/mol. The van der Waals surface area contributed by atoms with Gasteiger partial charge < -0.3 is 24.1 Å². The van der Waals surface area contributed by atoms with Gasteiger partial charge in [0, 0.05) is 26.2 Å². The summed E-state index contributed by atoms with van der Waals surface area (Å²) in [7, 11) is 1.78. The van der Waals surface area contributed by atoms with Gasteiger partial charge in [-0.05, 0) is 30.5 Å². The number of hydrogen-bond acceptors (Lipinski definition) is 6. The Hall–Kier alpha value is -2.04. The maximum Gasteiger partial charge on any atom is 0.490 e. The number of hydrogen-bond donors (Lipinski definition) is 1. The van der Waals surface area contributed by atoms with Gasteiger partial charge in [0.25, 0.3) is 0 Å². The van der Waals surface area contributed by atoms with Gasteiger partial charge in [-0.3, -0.25) is 4.90 Å². The van der Waals surface area contributed by atoms with Gasteiger partial charge in [-0.1, -0.05) is 6.07 Å². The SMILES string of the molecule is CO[C@H]1CC[C@H]2[C@H]1OCCN2Cc1ccc2c(c1)OCO2.O=C(O)C(F)(F)F. The normalized spacial score (nSPS) is 26.4. The summed E-state index contributed by atoms with van der Waals surface area (Å²) in [6.07, 6.45) is -2.38. The Morgan fingerprint density at radius 3 is 2.68 bits per heavy atom. The first-order valence-electron chi connectivity index (χ1n) is 8.86. The number of aliphatic carboxylic acids is 1. The first kappa shape index (κ1) is 20.7. The van der Waals surface area contributed by atoms with E-state index in [-0.39, 0.29) is 12.2 Å². The lowest BCUT2D eigenvalue weighted by atomic mass is 10.1. The minimum absolute atomic E-state index is 0.220. The van der Waals surface area contributed by atoms with Crippen LogP contribution in [0.5, 0.6) is 11.5 Å². The third-order valence-corrected chi connectivity index (χ3v) is 5.02. The molecule has 3 aliphatic rings. The molecular weight excluding hydrogens is 383 g/mol. The molecule has 0 unspecified atom stereocenters. The number of benzene rings is 1. The van der Waals surface area contributed by atoms with Crippen molar-refractivity contribution in [2.45, 2.75) is 43.8 Å². The van der Waals surface area contributed by atoms with Crippen molar-refractivity contribution in [3.8, 4) is 11.5 Å². The summed E-state index contributed by atoms with van der Waals surface area (Å²) in [5, 5.41) is 7.12. The Morgan fingerprint density at radius 1 is 1.29 bits per heavy atom. The molecule has 4 rings (SSSR count). The molecule has 0 bridgehead atoms. The molecule has 1 N–H and O–H groups in total. The highest BCUT2D eigenvalue weighted by molar-refractivity contribution is 5.73. The number of ether oxygens (including phenoxy) is 4. The summed E-state index contributed by atoms with van der Waals surface area (Å²) in [4.78, 5) is 11.4. The van der Waals surface area contributed by atoms with Crippen LogP contribution in [-0.2, 0) is 20.8 Å². The smallest absolute Gasteiger partial charge is 0.475 e. The van der Waals surface area contributed by atoms with Crippen molar-refractivity contribution in [1.29, 1.82) is 0 Å². The summed E-state index contributed by atoms with van der Waals surface area (Å²) in [6.45, 7) is 3.02. The molecule has 7 nitrogen and oxygen atoms in total. The van der Waals surface area contributed by atoms with Gasteiger partial charge in [0.05, 0.1) is 18.8 Å². The second kappa shape index (κ2) is 8.54. The Bertz CT molecular complexity index is 698. The molecular formula is C18H22F3NO6. The van der Waals surface area contributed by atoms with E-state index in [0.717, 1.165) is 44.0 Å². The molecule has 0 amide bonds. The van der Waals surface area contributed by atoms with Crippen LogP contribution in [0.2, 0.25) is 0 Å². The number of methoxy groups -OCH3 is 1. The minimum atomic E-state index is -5.08. The third kappa shape index (κ3) is 4.68. The summed E-state index contributed by atoms with van der Waals surface area (Å²) in [5.41, 5.74) is 1.26.